The Balaban J connectivity index is 2.11. The van der Waals surface area contributed by atoms with Gasteiger partial charge in [0.15, 0.2) is 0 Å². The van der Waals surface area contributed by atoms with E-state index in [0.29, 0.717) is 22.6 Å². The predicted octanol–water partition coefficient (Wildman–Crippen LogP) is 3.43. The summed E-state index contributed by atoms with van der Waals surface area (Å²) in [6.45, 7) is 1.77. The lowest BCUT2D eigenvalue weighted by Gasteiger charge is -2.09. The van der Waals surface area contributed by atoms with Gasteiger partial charge < -0.3 is 10.5 Å². The van der Waals surface area contributed by atoms with Crippen LogP contribution in [-0.4, -0.2) is 0 Å². The molecule has 0 amide bonds. The second-order valence-electron chi connectivity index (χ2n) is 4.04. The first-order valence-corrected chi connectivity index (χ1v) is 5.49. The molecular formula is C14H13F2NO. The number of halogens is 2. The summed E-state index contributed by atoms with van der Waals surface area (Å²) < 4.78 is 31.7. The molecule has 2 rings (SSSR count). The largest absolute Gasteiger partial charge is 0.489 e. The Morgan fingerprint density at radius 3 is 2.61 bits per heavy atom. The van der Waals surface area contributed by atoms with Crippen LogP contribution < -0.4 is 10.5 Å². The summed E-state index contributed by atoms with van der Waals surface area (Å²) in [5.41, 5.74) is 7.22. The first-order valence-electron chi connectivity index (χ1n) is 5.49. The molecule has 4 heteroatoms. The molecule has 2 aromatic carbocycles. The molecule has 18 heavy (non-hydrogen) atoms. The molecule has 0 unspecified atom stereocenters. The summed E-state index contributed by atoms with van der Waals surface area (Å²) in [6, 6.07) is 8.65. The minimum atomic E-state index is -0.377. The molecule has 0 aliphatic carbocycles. The molecule has 0 aliphatic rings. The fraction of sp³-hybridized carbons (Fsp3) is 0.143. The molecule has 0 spiro atoms. The summed E-state index contributed by atoms with van der Waals surface area (Å²) in [6.07, 6.45) is 0. The summed E-state index contributed by atoms with van der Waals surface area (Å²) in [5, 5.41) is 0. The van der Waals surface area contributed by atoms with Crippen molar-refractivity contribution in [2.75, 3.05) is 5.73 Å². The molecule has 0 fully saturated rings. The van der Waals surface area contributed by atoms with Crippen LogP contribution in [0, 0.1) is 18.6 Å². The summed E-state index contributed by atoms with van der Waals surface area (Å²) >= 11 is 0. The van der Waals surface area contributed by atoms with Gasteiger partial charge in [-0.2, -0.15) is 0 Å². The smallest absolute Gasteiger partial charge is 0.129 e. The Morgan fingerprint density at radius 1 is 1.11 bits per heavy atom. The zero-order valence-corrected chi connectivity index (χ0v) is 9.91. The Labute approximate surface area is 104 Å². The van der Waals surface area contributed by atoms with E-state index < -0.39 is 0 Å². The molecule has 0 saturated carbocycles. The van der Waals surface area contributed by atoms with Crippen molar-refractivity contribution in [2.45, 2.75) is 13.5 Å². The molecular weight excluding hydrogens is 236 g/mol. The third-order valence-corrected chi connectivity index (χ3v) is 2.64. The molecule has 0 bridgehead atoms. The van der Waals surface area contributed by atoms with Crippen LogP contribution in [0.2, 0.25) is 0 Å². The van der Waals surface area contributed by atoms with Crippen molar-refractivity contribution >= 4 is 5.69 Å². The van der Waals surface area contributed by atoms with Crippen molar-refractivity contribution in [1.29, 1.82) is 0 Å². The standard InChI is InChI=1S/C14H13F2NO/c1-9-2-4-12(7-13(9)16)18-8-10-6-11(15)3-5-14(10)17/h2-7H,8,17H2,1H3. The van der Waals surface area contributed by atoms with Crippen LogP contribution in [0.15, 0.2) is 36.4 Å². The first-order chi connectivity index (χ1) is 8.56. The lowest BCUT2D eigenvalue weighted by Crippen LogP contribution is -2.01. The number of ether oxygens (including phenoxy) is 1. The van der Waals surface area contributed by atoms with E-state index in [-0.39, 0.29) is 18.2 Å². The van der Waals surface area contributed by atoms with Crippen molar-refractivity contribution < 1.29 is 13.5 Å². The molecule has 0 atom stereocenters. The van der Waals surface area contributed by atoms with Gasteiger partial charge in [-0.15, -0.1) is 0 Å². The van der Waals surface area contributed by atoms with Gasteiger partial charge in [0.2, 0.25) is 0 Å². The molecule has 0 radical (unpaired) electrons. The van der Waals surface area contributed by atoms with E-state index in [2.05, 4.69) is 0 Å². The van der Waals surface area contributed by atoms with E-state index in [9.17, 15) is 8.78 Å². The number of hydrogen-bond acceptors (Lipinski definition) is 2. The number of nitrogens with two attached hydrogens (primary N) is 1. The van der Waals surface area contributed by atoms with Gasteiger partial charge in [0.05, 0.1) is 0 Å². The monoisotopic (exact) mass is 249 g/mol. The third kappa shape index (κ3) is 2.77. The highest BCUT2D eigenvalue weighted by Crippen LogP contribution is 2.19. The highest BCUT2D eigenvalue weighted by atomic mass is 19.1. The predicted molar refractivity (Wildman–Crippen MR) is 66.3 cm³/mol. The van der Waals surface area contributed by atoms with E-state index in [1.54, 1.807) is 19.1 Å². The van der Waals surface area contributed by atoms with Crippen molar-refractivity contribution in [1.82, 2.24) is 0 Å². The fourth-order valence-corrected chi connectivity index (χ4v) is 1.52. The number of benzene rings is 2. The highest BCUT2D eigenvalue weighted by molar-refractivity contribution is 5.46. The lowest BCUT2D eigenvalue weighted by atomic mass is 10.2. The normalized spacial score (nSPS) is 10.4. The SMILES string of the molecule is Cc1ccc(OCc2cc(F)ccc2N)cc1F. The summed E-state index contributed by atoms with van der Waals surface area (Å²) in [4.78, 5) is 0. The van der Waals surface area contributed by atoms with Gasteiger partial charge in [0.1, 0.15) is 24.0 Å². The molecule has 0 aliphatic heterocycles. The zero-order chi connectivity index (χ0) is 13.1. The minimum absolute atomic E-state index is 0.103. The maximum Gasteiger partial charge on any atom is 0.129 e. The second kappa shape index (κ2) is 5.04. The van der Waals surface area contributed by atoms with Crippen LogP contribution >= 0.6 is 0 Å². The number of anilines is 1. The Bertz CT molecular complexity index is 570. The van der Waals surface area contributed by atoms with E-state index in [4.69, 9.17) is 10.5 Å². The lowest BCUT2D eigenvalue weighted by molar-refractivity contribution is 0.304. The minimum Gasteiger partial charge on any atom is -0.489 e. The number of rotatable bonds is 3. The van der Waals surface area contributed by atoms with Crippen LogP contribution in [0.3, 0.4) is 0 Å². The van der Waals surface area contributed by atoms with Gasteiger partial charge in [-0.05, 0) is 36.8 Å². The van der Waals surface area contributed by atoms with Crippen molar-refractivity contribution in [3.63, 3.8) is 0 Å². The van der Waals surface area contributed by atoms with Gasteiger partial charge in [0.25, 0.3) is 0 Å². The number of aryl methyl sites for hydroxylation is 1. The van der Waals surface area contributed by atoms with Crippen LogP contribution in [-0.2, 0) is 6.61 Å². The van der Waals surface area contributed by atoms with E-state index in [1.165, 1.54) is 24.3 Å². The van der Waals surface area contributed by atoms with E-state index in [0.717, 1.165) is 0 Å². The van der Waals surface area contributed by atoms with Gasteiger partial charge in [-0.3, -0.25) is 0 Å². The quantitative estimate of drug-likeness (QED) is 0.846. The molecule has 0 saturated heterocycles. The Kier molecular flexibility index (Phi) is 3.46. The summed E-state index contributed by atoms with van der Waals surface area (Å²) in [5.74, 6) is -0.320. The van der Waals surface area contributed by atoms with Crippen LogP contribution in [0.4, 0.5) is 14.5 Å². The van der Waals surface area contributed by atoms with Gasteiger partial charge in [-0.1, -0.05) is 6.07 Å². The average molecular weight is 249 g/mol. The molecule has 0 heterocycles. The molecule has 0 aromatic heterocycles. The number of nitrogen functional groups attached to an aromatic ring is 1. The highest BCUT2D eigenvalue weighted by Gasteiger charge is 2.04. The second-order valence-corrected chi connectivity index (χ2v) is 4.04. The molecule has 2 aromatic rings. The summed E-state index contributed by atoms with van der Waals surface area (Å²) in [7, 11) is 0. The van der Waals surface area contributed by atoms with Crippen molar-refractivity contribution in [3.05, 3.63) is 59.2 Å². The third-order valence-electron chi connectivity index (χ3n) is 2.64. The molecule has 2 nitrogen and oxygen atoms in total. The van der Waals surface area contributed by atoms with E-state index >= 15 is 0 Å². The van der Waals surface area contributed by atoms with Gasteiger partial charge in [-0.25, -0.2) is 8.78 Å². The molecule has 94 valence electrons. The van der Waals surface area contributed by atoms with E-state index in [1.807, 2.05) is 0 Å². The molecule has 2 N–H and O–H groups in total. The maximum atomic E-state index is 13.3. The Hall–Kier alpha value is -2.10. The van der Waals surface area contributed by atoms with Gasteiger partial charge >= 0.3 is 0 Å². The topological polar surface area (TPSA) is 35.2 Å². The van der Waals surface area contributed by atoms with Gasteiger partial charge in [0, 0.05) is 17.3 Å². The van der Waals surface area contributed by atoms with Crippen LogP contribution in [0.1, 0.15) is 11.1 Å². The maximum absolute atomic E-state index is 13.3. The van der Waals surface area contributed by atoms with Crippen LogP contribution in [0.5, 0.6) is 5.75 Å². The van der Waals surface area contributed by atoms with Crippen molar-refractivity contribution in [3.8, 4) is 5.75 Å². The fourth-order valence-electron chi connectivity index (χ4n) is 1.52. The number of hydrogen-bond donors (Lipinski definition) is 1. The Morgan fingerprint density at radius 2 is 1.89 bits per heavy atom. The van der Waals surface area contributed by atoms with Crippen molar-refractivity contribution in [2.24, 2.45) is 0 Å². The first kappa shape index (κ1) is 12.4. The van der Waals surface area contributed by atoms with Crippen LogP contribution in [0.25, 0.3) is 0 Å². The average Bonchev–Trinajstić information content (AvgIpc) is 2.34. The zero-order valence-electron chi connectivity index (χ0n) is 9.91.